The first-order valence-electron chi connectivity index (χ1n) is 10.3. The Morgan fingerprint density at radius 2 is 1.75 bits per heavy atom. The van der Waals surface area contributed by atoms with Crippen LogP contribution < -0.4 is 5.11 Å². The first-order valence-corrected chi connectivity index (χ1v) is 10.3. The maximum absolute atomic E-state index is 11.6. The van der Waals surface area contributed by atoms with Gasteiger partial charge < -0.3 is 29.0 Å². The Kier molecular flexibility index (Phi) is 14.7. The normalized spacial score (nSPS) is 14.2. The van der Waals surface area contributed by atoms with Crippen molar-refractivity contribution < 1.29 is 33.8 Å². The van der Waals surface area contributed by atoms with Gasteiger partial charge in [0.15, 0.2) is 0 Å². The monoisotopic (exact) mass is 401 g/mol. The molecular formula is C21H39NO6. The van der Waals surface area contributed by atoms with Crippen molar-refractivity contribution in [3.63, 3.8) is 0 Å². The number of carbonyl (C=O) groups excluding carboxylic acids is 2. The number of aliphatic hydroxyl groups is 1. The summed E-state index contributed by atoms with van der Waals surface area (Å²) in [6.07, 6.45) is 10.3. The predicted molar refractivity (Wildman–Crippen MR) is 106 cm³/mol. The van der Waals surface area contributed by atoms with Gasteiger partial charge in [0.1, 0.15) is 18.8 Å². The number of esters is 1. The Morgan fingerprint density at radius 1 is 1.07 bits per heavy atom. The third-order valence-electron chi connectivity index (χ3n) is 4.40. The topological polar surface area (TPSA) is 95.9 Å². The molecule has 0 radical (unpaired) electrons. The summed E-state index contributed by atoms with van der Waals surface area (Å²) in [6, 6.07) is -0.685. The van der Waals surface area contributed by atoms with Crippen LogP contribution in [0.5, 0.6) is 0 Å². The van der Waals surface area contributed by atoms with Crippen LogP contribution in [0.3, 0.4) is 0 Å². The molecule has 7 nitrogen and oxygen atoms in total. The SMILES string of the molecule is CCCCCC/C=C/CCC(=O)OCC(O)COCCC(C(=O)[O-])[N+](C)(C)C. The lowest BCUT2D eigenvalue weighted by Crippen LogP contribution is -2.55. The van der Waals surface area contributed by atoms with E-state index in [1.807, 2.05) is 6.08 Å². The van der Waals surface area contributed by atoms with Crippen LogP contribution in [0.1, 0.15) is 58.3 Å². The number of hydrogen-bond acceptors (Lipinski definition) is 6. The molecule has 2 unspecified atom stereocenters. The van der Waals surface area contributed by atoms with Crippen LogP contribution in [-0.4, -0.2) is 74.6 Å². The van der Waals surface area contributed by atoms with E-state index in [1.54, 1.807) is 21.1 Å². The summed E-state index contributed by atoms with van der Waals surface area (Å²) >= 11 is 0. The zero-order valence-electron chi connectivity index (χ0n) is 18.0. The van der Waals surface area contributed by atoms with Crippen LogP contribution in [0.25, 0.3) is 0 Å². The van der Waals surface area contributed by atoms with E-state index in [0.29, 0.717) is 6.42 Å². The Morgan fingerprint density at radius 3 is 2.36 bits per heavy atom. The molecule has 0 aromatic heterocycles. The highest BCUT2D eigenvalue weighted by Crippen LogP contribution is 2.07. The van der Waals surface area contributed by atoms with Gasteiger partial charge in [0.25, 0.3) is 0 Å². The molecule has 28 heavy (non-hydrogen) atoms. The summed E-state index contributed by atoms with van der Waals surface area (Å²) in [5, 5.41) is 20.9. The number of likely N-dealkylation sites (N-methyl/N-ethyl adjacent to an activating group) is 1. The lowest BCUT2D eigenvalue weighted by Gasteiger charge is -2.34. The van der Waals surface area contributed by atoms with Crippen LogP contribution in [0.4, 0.5) is 0 Å². The van der Waals surface area contributed by atoms with E-state index in [9.17, 15) is 19.8 Å². The number of rotatable bonds is 17. The van der Waals surface area contributed by atoms with Gasteiger partial charge in [-0.3, -0.25) is 4.79 Å². The molecule has 164 valence electrons. The van der Waals surface area contributed by atoms with Crippen molar-refractivity contribution in [3.8, 4) is 0 Å². The number of aliphatic hydroxyl groups excluding tert-OH is 1. The molecule has 0 heterocycles. The third-order valence-corrected chi connectivity index (χ3v) is 4.40. The van der Waals surface area contributed by atoms with Gasteiger partial charge >= 0.3 is 5.97 Å². The minimum Gasteiger partial charge on any atom is -0.544 e. The van der Waals surface area contributed by atoms with Gasteiger partial charge in [-0.1, -0.05) is 38.3 Å². The molecule has 0 aliphatic carbocycles. The van der Waals surface area contributed by atoms with E-state index in [2.05, 4.69) is 13.0 Å². The average Bonchev–Trinajstić information content (AvgIpc) is 2.60. The molecule has 0 saturated carbocycles. The number of quaternary nitrogens is 1. The molecule has 0 aromatic rings. The largest absolute Gasteiger partial charge is 0.544 e. The minimum absolute atomic E-state index is 0.0121. The molecule has 0 aliphatic rings. The number of aliphatic carboxylic acids is 1. The van der Waals surface area contributed by atoms with E-state index >= 15 is 0 Å². The van der Waals surface area contributed by atoms with Gasteiger partial charge in [-0.2, -0.15) is 0 Å². The predicted octanol–water partition coefficient (Wildman–Crippen LogP) is 1.43. The molecule has 0 aliphatic heterocycles. The van der Waals surface area contributed by atoms with Gasteiger partial charge in [-0.15, -0.1) is 0 Å². The van der Waals surface area contributed by atoms with E-state index in [-0.39, 0.29) is 43.1 Å². The van der Waals surface area contributed by atoms with Crippen LogP contribution >= 0.6 is 0 Å². The van der Waals surface area contributed by atoms with Gasteiger partial charge in [0.2, 0.25) is 0 Å². The molecular weight excluding hydrogens is 362 g/mol. The van der Waals surface area contributed by atoms with Crippen LogP contribution in [-0.2, 0) is 19.1 Å². The zero-order chi connectivity index (χ0) is 21.4. The van der Waals surface area contributed by atoms with Crippen molar-refractivity contribution in [1.29, 1.82) is 0 Å². The molecule has 2 atom stereocenters. The van der Waals surface area contributed by atoms with Crippen LogP contribution in [0, 0.1) is 0 Å². The molecule has 0 bridgehead atoms. The quantitative estimate of drug-likeness (QED) is 0.171. The van der Waals surface area contributed by atoms with Crippen molar-refractivity contribution in [1.82, 2.24) is 0 Å². The Labute approximate surface area is 169 Å². The highest BCUT2D eigenvalue weighted by Gasteiger charge is 2.24. The van der Waals surface area contributed by atoms with Crippen LogP contribution in [0.2, 0.25) is 0 Å². The first kappa shape index (κ1) is 26.6. The molecule has 0 amide bonds. The fourth-order valence-corrected chi connectivity index (χ4v) is 2.67. The first-order chi connectivity index (χ1) is 13.2. The summed E-state index contributed by atoms with van der Waals surface area (Å²) in [6.45, 7) is 2.23. The van der Waals surface area contributed by atoms with Crippen molar-refractivity contribution in [2.75, 3.05) is 41.0 Å². The minimum atomic E-state index is -1.12. The van der Waals surface area contributed by atoms with Crippen molar-refractivity contribution in [2.45, 2.75) is 70.4 Å². The number of unbranched alkanes of at least 4 members (excludes halogenated alkanes) is 4. The lowest BCUT2D eigenvalue weighted by molar-refractivity contribution is -0.889. The van der Waals surface area contributed by atoms with E-state index in [1.165, 1.54) is 25.7 Å². The molecule has 1 N–H and O–H groups in total. The number of hydrogen-bond donors (Lipinski definition) is 1. The van der Waals surface area contributed by atoms with Gasteiger partial charge in [-0.05, 0) is 19.3 Å². The van der Waals surface area contributed by atoms with Gasteiger partial charge in [-0.25, -0.2) is 0 Å². The fraction of sp³-hybridized carbons (Fsp3) is 0.810. The summed E-state index contributed by atoms with van der Waals surface area (Å²) in [5.41, 5.74) is 0. The molecule has 0 spiro atoms. The maximum Gasteiger partial charge on any atom is 0.306 e. The number of allylic oxidation sites excluding steroid dienone is 2. The Bertz CT molecular complexity index is 458. The van der Waals surface area contributed by atoms with Crippen molar-refractivity contribution in [2.24, 2.45) is 0 Å². The molecule has 0 aromatic carbocycles. The van der Waals surface area contributed by atoms with Crippen molar-refractivity contribution >= 4 is 11.9 Å². The second-order valence-electron chi connectivity index (χ2n) is 8.01. The molecule has 7 heteroatoms. The summed E-state index contributed by atoms with van der Waals surface area (Å²) in [4.78, 5) is 22.8. The number of carboxylic acids is 1. The summed E-state index contributed by atoms with van der Waals surface area (Å²) in [5.74, 6) is -1.47. The van der Waals surface area contributed by atoms with Crippen molar-refractivity contribution in [3.05, 3.63) is 12.2 Å². The summed E-state index contributed by atoms with van der Waals surface area (Å²) < 4.78 is 10.6. The molecule has 0 fully saturated rings. The number of ether oxygens (including phenoxy) is 2. The van der Waals surface area contributed by atoms with E-state index in [0.717, 1.165) is 6.42 Å². The highest BCUT2D eigenvalue weighted by atomic mass is 16.5. The maximum atomic E-state index is 11.6. The second-order valence-corrected chi connectivity index (χ2v) is 8.01. The highest BCUT2D eigenvalue weighted by molar-refractivity contribution is 5.70. The Hall–Kier alpha value is -1.44. The smallest absolute Gasteiger partial charge is 0.306 e. The number of carboxylic acid groups (broad SMARTS) is 1. The van der Waals surface area contributed by atoms with Gasteiger partial charge in [0, 0.05) is 12.8 Å². The Balaban J connectivity index is 3.77. The zero-order valence-corrected chi connectivity index (χ0v) is 18.0. The molecule has 0 rings (SSSR count). The summed E-state index contributed by atoms with van der Waals surface area (Å²) in [7, 11) is 5.32. The fourth-order valence-electron chi connectivity index (χ4n) is 2.67. The lowest BCUT2D eigenvalue weighted by atomic mass is 10.1. The number of nitrogens with zero attached hydrogens (tertiary/aromatic N) is 1. The van der Waals surface area contributed by atoms with Gasteiger partial charge in [0.05, 0.1) is 40.3 Å². The average molecular weight is 402 g/mol. The number of carbonyl (C=O) groups is 2. The standard InChI is InChI=1S/C21H39NO6/c1-5-6-7-8-9-10-11-12-13-20(24)28-17-18(23)16-27-15-14-19(21(25)26)22(2,3)4/h10-11,18-19,23H,5-9,12-17H2,1-4H3/b11-10+. The molecule has 0 saturated heterocycles. The second kappa shape index (κ2) is 15.5. The van der Waals surface area contributed by atoms with E-state index < -0.39 is 18.1 Å². The third kappa shape index (κ3) is 14.6. The van der Waals surface area contributed by atoms with Crippen LogP contribution in [0.15, 0.2) is 12.2 Å². The van der Waals surface area contributed by atoms with E-state index in [4.69, 9.17) is 9.47 Å².